The fourth-order valence-corrected chi connectivity index (χ4v) is 1.80. The van der Waals surface area contributed by atoms with E-state index in [-0.39, 0.29) is 18.6 Å². The third kappa shape index (κ3) is 7.47. The van der Waals surface area contributed by atoms with Crippen molar-refractivity contribution >= 4 is 6.29 Å². The van der Waals surface area contributed by atoms with Crippen molar-refractivity contribution in [1.82, 2.24) is 0 Å². The Labute approximate surface area is 104 Å². The van der Waals surface area contributed by atoms with Gasteiger partial charge in [0.15, 0.2) is 0 Å². The molecule has 0 aromatic rings. The summed E-state index contributed by atoms with van der Waals surface area (Å²) in [4.78, 5) is 10.3. The van der Waals surface area contributed by atoms with Gasteiger partial charge in [0.05, 0.1) is 26.4 Å². The summed E-state index contributed by atoms with van der Waals surface area (Å²) in [5.74, 6) is 0. The van der Waals surface area contributed by atoms with E-state index in [1.165, 1.54) is 0 Å². The molecule has 0 aromatic carbocycles. The molecule has 0 saturated heterocycles. The Morgan fingerprint density at radius 2 is 1.94 bits per heavy atom. The van der Waals surface area contributed by atoms with E-state index < -0.39 is 0 Å². The van der Waals surface area contributed by atoms with Gasteiger partial charge in [-0.05, 0) is 12.8 Å². The molecular formula is C13H26O4. The second kappa shape index (κ2) is 10.7. The number of aliphatic hydroxyl groups excluding tert-OH is 1. The van der Waals surface area contributed by atoms with E-state index in [0.717, 1.165) is 32.0 Å². The zero-order chi connectivity index (χ0) is 13.0. The molecular weight excluding hydrogens is 220 g/mol. The fourth-order valence-electron chi connectivity index (χ4n) is 1.80. The number of rotatable bonds is 12. The summed E-state index contributed by atoms with van der Waals surface area (Å²) < 4.78 is 10.8. The molecule has 1 N–H and O–H groups in total. The second-order valence-corrected chi connectivity index (χ2v) is 4.42. The number of hydrogen-bond donors (Lipinski definition) is 1. The molecule has 0 rings (SSSR count). The van der Waals surface area contributed by atoms with Crippen LogP contribution in [-0.2, 0) is 14.3 Å². The van der Waals surface area contributed by atoms with Crippen LogP contribution in [0.15, 0.2) is 0 Å². The van der Waals surface area contributed by atoms with E-state index in [2.05, 4.69) is 13.8 Å². The topological polar surface area (TPSA) is 55.8 Å². The summed E-state index contributed by atoms with van der Waals surface area (Å²) in [6, 6.07) is 0. The van der Waals surface area contributed by atoms with E-state index in [1.54, 1.807) is 0 Å². The minimum atomic E-state index is -0.0197. The van der Waals surface area contributed by atoms with Crippen LogP contribution in [0.3, 0.4) is 0 Å². The van der Waals surface area contributed by atoms with Crippen LogP contribution in [0, 0.1) is 5.41 Å². The normalized spacial score (nSPS) is 14.5. The molecule has 4 nitrogen and oxygen atoms in total. The first kappa shape index (κ1) is 16.6. The molecule has 0 aliphatic rings. The molecule has 1 atom stereocenters. The first-order valence-electron chi connectivity index (χ1n) is 6.44. The van der Waals surface area contributed by atoms with Gasteiger partial charge in [0.25, 0.3) is 0 Å². The molecule has 0 bridgehead atoms. The van der Waals surface area contributed by atoms with E-state index in [9.17, 15) is 4.79 Å². The standard InChI is InChI=1S/C13H26O4/c1-3-5-6-13(4-2,11-16-9-7-14)12-17-10-8-15/h7,15H,3-6,8-12H2,1-2H3. The number of aliphatic hydroxyl groups is 1. The molecule has 0 radical (unpaired) electrons. The second-order valence-electron chi connectivity index (χ2n) is 4.42. The van der Waals surface area contributed by atoms with E-state index in [1.807, 2.05) is 0 Å². The first-order valence-corrected chi connectivity index (χ1v) is 6.44. The predicted molar refractivity (Wildman–Crippen MR) is 67.0 cm³/mol. The van der Waals surface area contributed by atoms with E-state index >= 15 is 0 Å². The van der Waals surface area contributed by atoms with Gasteiger partial charge >= 0.3 is 0 Å². The average Bonchev–Trinajstić information content (AvgIpc) is 2.36. The van der Waals surface area contributed by atoms with Crippen molar-refractivity contribution in [3.63, 3.8) is 0 Å². The summed E-state index contributed by atoms with van der Waals surface area (Å²) >= 11 is 0. The molecule has 0 saturated carbocycles. The van der Waals surface area contributed by atoms with Gasteiger partial charge in [-0.2, -0.15) is 0 Å². The minimum absolute atomic E-state index is 0.0197. The van der Waals surface area contributed by atoms with Crippen molar-refractivity contribution in [3.8, 4) is 0 Å². The lowest BCUT2D eigenvalue weighted by Gasteiger charge is -2.32. The van der Waals surface area contributed by atoms with Crippen LogP contribution < -0.4 is 0 Å². The van der Waals surface area contributed by atoms with Gasteiger partial charge in [0, 0.05) is 5.41 Å². The smallest absolute Gasteiger partial charge is 0.145 e. The summed E-state index contributed by atoms with van der Waals surface area (Å²) in [6.45, 7) is 5.96. The summed E-state index contributed by atoms with van der Waals surface area (Å²) in [6.07, 6.45) is 5.02. The van der Waals surface area contributed by atoms with Gasteiger partial charge in [-0.1, -0.05) is 26.7 Å². The Morgan fingerprint density at radius 3 is 2.47 bits per heavy atom. The van der Waals surface area contributed by atoms with Gasteiger partial charge in [-0.15, -0.1) is 0 Å². The maximum absolute atomic E-state index is 10.3. The fraction of sp³-hybridized carbons (Fsp3) is 0.923. The summed E-state index contributed by atoms with van der Waals surface area (Å²) in [5.41, 5.74) is -0.0197. The Hall–Kier alpha value is -0.450. The molecule has 4 heteroatoms. The monoisotopic (exact) mass is 246 g/mol. The highest BCUT2D eigenvalue weighted by molar-refractivity contribution is 5.50. The van der Waals surface area contributed by atoms with Gasteiger partial charge in [-0.25, -0.2) is 0 Å². The van der Waals surface area contributed by atoms with Crippen LogP contribution in [0.5, 0.6) is 0 Å². The maximum atomic E-state index is 10.3. The lowest BCUT2D eigenvalue weighted by molar-refractivity contribution is -0.114. The number of ether oxygens (including phenoxy) is 2. The number of unbranched alkanes of at least 4 members (excludes halogenated alkanes) is 1. The molecule has 0 aliphatic heterocycles. The molecule has 1 unspecified atom stereocenters. The zero-order valence-corrected chi connectivity index (χ0v) is 11.1. The third-order valence-electron chi connectivity index (χ3n) is 3.05. The molecule has 0 amide bonds. The van der Waals surface area contributed by atoms with Crippen molar-refractivity contribution in [2.75, 3.05) is 33.0 Å². The highest BCUT2D eigenvalue weighted by Crippen LogP contribution is 2.29. The zero-order valence-electron chi connectivity index (χ0n) is 11.1. The quantitative estimate of drug-likeness (QED) is 0.421. The largest absolute Gasteiger partial charge is 0.394 e. The maximum Gasteiger partial charge on any atom is 0.145 e. The number of hydrogen-bond acceptors (Lipinski definition) is 4. The van der Waals surface area contributed by atoms with Crippen molar-refractivity contribution in [1.29, 1.82) is 0 Å². The third-order valence-corrected chi connectivity index (χ3v) is 3.05. The van der Waals surface area contributed by atoms with E-state index in [0.29, 0.717) is 19.8 Å². The van der Waals surface area contributed by atoms with Crippen LogP contribution in [0.4, 0.5) is 0 Å². The van der Waals surface area contributed by atoms with Crippen LogP contribution in [0.1, 0.15) is 39.5 Å². The molecule has 0 fully saturated rings. The van der Waals surface area contributed by atoms with Gasteiger partial charge in [0.2, 0.25) is 0 Å². The first-order chi connectivity index (χ1) is 8.24. The average molecular weight is 246 g/mol. The van der Waals surface area contributed by atoms with Gasteiger partial charge < -0.3 is 19.4 Å². The number of carbonyl (C=O) groups excluding carboxylic acids is 1. The Morgan fingerprint density at radius 1 is 1.24 bits per heavy atom. The molecule has 0 aliphatic carbocycles. The van der Waals surface area contributed by atoms with Gasteiger partial charge in [0.1, 0.15) is 12.9 Å². The van der Waals surface area contributed by atoms with Crippen molar-refractivity contribution in [3.05, 3.63) is 0 Å². The van der Waals surface area contributed by atoms with Crippen LogP contribution in [-0.4, -0.2) is 44.4 Å². The van der Waals surface area contributed by atoms with Gasteiger partial charge in [-0.3, -0.25) is 0 Å². The Balaban J connectivity index is 4.22. The lowest BCUT2D eigenvalue weighted by atomic mass is 9.82. The minimum Gasteiger partial charge on any atom is -0.394 e. The molecule has 102 valence electrons. The van der Waals surface area contributed by atoms with Crippen LogP contribution in [0.2, 0.25) is 0 Å². The number of aldehydes is 1. The number of carbonyl (C=O) groups is 1. The van der Waals surface area contributed by atoms with Crippen molar-refractivity contribution < 1.29 is 19.4 Å². The highest BCUT2D eigenvalue weighted by Gasteiger charge is 2.28. The van der Waals surface area contributed by atoms with Crippen molar-refractivity contribution in [2.24, 2.45) is 5.41 Å². The Kier molecular flexibility index (Phi) is 10.4. The molecule has 0 heterocycles. The van der Waals surface area contributed by atoms with E-state index in [4.69, 9.17) is 14.6 Å². The summed E-state index contributed by atoms with van der Waals surface area (Å²) in [7, 11) is 0. The lowest BCUT2D eigenvalue weighted by Crippen LogP contribution is -2.32. The summed E-state index contributed by atoms with van der Waals surface area (Å²) in [5, 5.41) is 8.72. The van der Waals surface area contributed by atoms with Crippen LogP contribution >= 0.6 is 0 Å². The SMILES string of the molecule is CCCCC(CC)(COCC=O)COCCO. The van der Waals surface area contributed by atoms with Crippen LogP contribution in [0.25, 0.3) is 0 Å². The molecule has 0 spiro atoms. The Bertz CT molecular complexity index is 184. The highest BCUT2D eigenvalue weighted by atomic mass is 16.5. The predicted octanol–water partition coefficient (Wildman–Crippen LogP) is 1.80. The van der Waals surface area contributed by atoms with Crippen molar-refractivity contribution in [2.45, 2.75) is 39.5 Å². The molecule has 0 aromatic heterocycles. The molecule has 17 heavy (non-hydrogen) atoms.